The zero-order valence-electron chi connectivity index (χ0n) is 14.2. The van der Waals surface area contributed by atoms with Crippen LogP contribution in [0, 0.1) is 5.41 Å². The predicted molar refractivity (Wildman–Crippen MR) is 84.5 cm³/mol. The Balaban J connectivity index is 1.49. The average Bonchev–Trinajstić information content (AvgIpc) is 2.82. The summed E-state index contributed by atoms with van der Waals surface area (Å²) >= 11 is 0. The maximum atomic E-state index is 10.4. The van der Waals surface area contributed by atoms with Gasteiger partial charge in [0.1, 0.15) is 17.5 Å². The monoisotopic (exact) mass is 336 g/mol. The van der Waals surface area contributed by atoms with Crippen LogP contribution in [0.2, 0.25) is 0 Å². The van der Waals surface area contributed by atoms with E-state index in [-0.39, 0.29) is 18.8 Å². The van der Waals surface area contributed by atoms with Crippen LogP contribution in [0.25, 0.3) is 0 Å². The molecule has 132 valence electrons. The Kier molecular flexibility index (Phi) is 3.50. The molecule has 1 heterocycles. The van der Waals surface area contributed by atoms with Crippen LogP contribution in [0.15, 0.2) is 24.3 Å². The summed E-state index contributed by atoms with van der Waals surface area (Å²) in [6.45, 7) is 3.96. The Hall–Kier alpha value is -1.18. The van der Waals surface area contributed by atoms with Crippen LogP contribution in [0.1, 0.15) is 25.8 Å². The molecule has 0 bridgehead atoms. The molecule has 3 aliphatic rings. The van der Waals surface area contributed by atoms with E-state index in [1.54, 1.807) is 7.11 Å². The molecule has 1 saturated heterocycles. The van der Waals surface area contributed by atoms with Crippen molar-refractivity contribution in [3.8, 4) is 5.75 Å². The van der Waals surface area contributed by atoms with Gasteiger partial charge in [-0.25, -0.2) is 0 Å². The molecule has 0 aromatic heterocycles. The van der Waals surface area contributed by atoms with E-state index in [1.807, 2.05) is 38.1 Å². The van der Waals surface area contributed by atoms with E-state index in [9.17, 15) is 10.2 Å². The fourth-order valence-corrected chi connectivity index (χ4v) is 4.48. The van der Waals surface area contributed by atoms with E-state index < -0.39 is 22.9 Å². The molecule has 2 unspecified atom stereocenters. The number of hydrogen-bond donors (Lipinski definition) is 2. The van der Waals surface area contributed by atoms with Gasteiger partial charge in [0.25, 0.3) is 0 Å². The molecule has 6 heteroatoms. The molecule has 5 atom stereocenters. The second kappa shape index (κ2) is 5.16. The standard InChI is InChI=1S/C18H24O6/c1-16(2)23-14-13(8-17(10-19)15(20)18(14,17)24-16)22-9-11-4-6-12(21-3)7-5-11/h4-7,13-15,19-20H,8-10H2,1-3H3/t13?,14-,15?,17-,18+/m0/s1. The first-order chi connectivity index (χ1) is 11.4. The summed E-state index contributed by atoms with van der Waals surface area (Å²) in [5.74, 6) is 0.0153. The van der Waals surface area contributed by atoms with Crippen LogP contribution in [-0.2, 0) is 20.8 Å². The van der Waals surface area contributed by atoms with Gasteiger partial charge >= 0.3 is 0 Å². The minimum Gasteiger partial charge on any atom is -0.497 e. The minimum atomic E-state index is -0.837. The lowest BCUT2D eigenvalue weighted by molar-refractivity contribution is -0.173. The van der Waals surface area contributed by atoms with Crippen molar-refractivity contribution in [3.05, 3.63) is 29.8 Å². The summed E-state index contributed by atoms with van der Waals surface area (Å²) < 4.78 is 23.3. The van der Waals surface area contributed by atoms with Crippen molar-refractivity contribution < 1.29 is 29.2 Å². The molecule has 3 fully saturated rings. The number of hydrogen-bond acceptors (Lipinski definition) is 6. The van der Waals surface area contributed by atoms with Crippen molar-refractivity contribution in [1.82, 2.24) is 0 Å². The van der Waals surface area contributed by atoms with E-state index in [1.165, 1.54) is 0 Å². The number of benzene rings is 1. The second-order valence-electron chi connectivity index (χ2n) is 7.45. The molecular weight excluding hydrogens is 312 g/mol. The van der Waals surface area contributed by atoms with Crippen molar-refractivity contribution in [3.63, 3.8) is 0 Å². The summed E-state index contributed by atoms with van der Waals surface area (Å²) in [6, 6.07) is 7.70. The first-order valence-corrected chi connectivity index (χ1v) is 8.30. The smallest absolute Gasteiger partial charge is 0.164 e. The average molecular weight is 336 g/mol. The van der Waals surface area contributed by atoms with E-state index in [2.05, 4.69) is 0 Å². The van der Waals surface area contributed by atoms with Gasteiger partial charge in [0.05, 0.1) is 37.9 Å². The summed E-state index contributed by atoms with van der Waals surface area (Å²) in [6.07, 6.45) is -0.762. The van der Waals surface area contributed by atoms with Crippen LogP contribution < -0.4 is 4.74 Å². The molecule has 0 amide bonds. The van der Waals surface area contributed by atoms with Gasteiger partial charge in [0, 0.05) is 0 Å². The van der Waals surface area contributed by atoms with Crippen LogP contribution in [-0.4, -0.2) is 53.6 Å². The number of rotatable bonds is 5. The Bertz CT molecular complexity index is 629. The SMILES string of the molecule is COc1ccc(COC2C[C@]3(CO)C(O)[C@@]34OC(C)(C)O[C@@H]24)cc1. The second-order valence-corrected chi connectivity index (χ2v) is 7.45. The van der Waals surface area contributed by atoms with E-state index in [0.29, 0.717) is 13.0 Å². The largest absolute Gasteiger partial charge is 0.497 e. The number of aliphatic hydroxyl groups excluding tert-OH is 2. The van der Waals surface area contributed by atoms with Gasteiger partial charge in [-0.05, 0) is 38.0 Å². The quantitative estimate of drug-likeness (QED) is 0.842. The number of ether oxygens (including phenoxy) is 4. The topological polar surface area (TPSA) is 77.4 Å². The van der Waals surface area contributed by atoms with Crippen LogP contribution >= 0.6 is 0 Å². The Morgan fingerprint density at radius 2 is 1.96 bits per heavy atom. The molecule has 0 radical (unpaired) electrons. The van der Waals surface area contributed by atoms with Gasteiger partial charge < -0.3 is 29.2 Å². The van der Waals surface area contributed by atoms with Gasteiger partial charge in [0.15, 0.2) is 5.79 Å². The maximum Gasteiger partial charge on any atom is 0.164 e. The van der Waals surface area contributed by atoms with E-state index >= 15 is 0 Å². The van der Waals surface area contributed by atoms with Crippen molar-refractivity contribution >= 4 is 0 Å². The highest BCUT2D eigenvalue weighted by molar-refractivity contribution is 5.37. The highest BCUT2D eigenvalue weighted by Gasteiger charge is 2.90. The van der Waals surface area contributed by atoms with Crippen molar-refractivity contribution in [1.29, 1.82) is 0 Å². The molecule has 1 aromatic carbocycles. The molecule has 2 aliphatic carbocycles. The zero-order chi connectivity index (χ0) is 17.2. The van der Waals surface area contributed by atoms with Crippen molar-refractivity contribution in [2.24, 2.45) is 5.41 Å². The third-order valence-corrected chi connectivity index (χ3v) is 5.68. The van der Waals surface area contributed by atoms with Gasteiger partial charge in [-0.3, -0.25) is 0 Å². The lowest BCUT2D eigenvalue weighted by Gasteiger charge is -2.24. The highest BCUT2D eigenvalue weighted by atomic mass is 16.8. The Labute approximate surface area is 141 Å². The molecule has 2 saturated carbocycles. The first-order valence-electron chi connectivity index (χ1n) is 8.30. The third-order valence-electron chi connectivity index (χ3n) is 5.68. The van der Waals surface area contributed by atoms with E-state index in [4.69, 9.17) is 18.9 Å². The van der Waals surface area contributed by atoms with Gasteiger partial charge in [-0.1, -0.05) is 12.1 Å². The molecular formula is C18H24O6. The zero-order valence-corrected chi connectivity index (χ0v) is 14.2. The van der Waals surface area contributed by atoms with Gasteiger partial charge in [0.2, 0.25) is 0 Å². The molecule has 4 rings (SSSR count). The summed E-state index contributed by atoms with van der Waals surface area (Å²) in [5, 5.41) is 20.3. The number of methoxy groups -OCH3 is 1. The molecule has 1 aromatic rings. The van der Waals surface area contributed by atoms with E-state index in [0.717, 1.165) is 11.3 Å². The third kappa shape index (κ3) is 2.01. The normalized spacial score (nSPS) is 41.8. The maximum absolute atomic E-state index is 10.4. The van der Waals surface area contributed by atoms with Crippen LogP contribution in [0.5, 0.6) is 5.75 Å². The Morgan fingerprint density at radius 3 is 2.58 bits per heavy atom. The highest BCUT2D eigenvalue weighted by Crippen LogP contribution is 2.73. The predicted octanol–water partition coefficient (Wildman–Crippen LogP) is 1.23. The molecule has 1 aliphatic heterocycles. The fraction of sp³-hybridized carbons (Fsp3) is 0.667. The molecule has 6 nitrogen and oxygen atoms in total. The summed E-state index contributed by atoms with van der Waals surface area (Å²) in [5.41, 5.74) is -0.478. The Morgan fingerprint density at radius 1 is 1.25 bits per heavy atom. The van der Waals surface area contributed by atoms with Gasteiger partial charge in [-0.2, -0.15) is 0 Å². The minimum absolute atomic E-state index is 0.132. The molecule has 2 N–H and O–H groups in total. The van der Waals surface area contributed by atoms with Crippen LogP contribution in [0.3, 0.4) is 0 Å². The molecule has 24 heavy (non-hydrogen) atoms. The van der Waals surface area contributed by atoms with Crippen LogP contribution in [0.4, 0.5) is 0 Å². The fourth-order valence-electron chi connectivity index (χ4n) is 4.48. The van der Waals surface area contributed by atoms with Gasteiger partial charge in [-0.15, -0.1) is 0 Å². The van der Waals surface area contributed by atoms with Crippen molar-refractivity contribution in [2.45, 2.75) is 56.6 Å². The lowest BCUT2D eigenvalue weighted by atomic mass is 10.0. The number of aliphatic hydroxyl groups is 2. The summed E-state index contributed by atoms with van der Waals surface area (Å²) in [4.78, 5) is 0. The van der Waals surface area contributed by atoms with Crippen molar-refractivity contribution in [2.75, 3.05) is 13.7 Å². The first kappa shape index (κ1) is 16.3. The molecule has 1 spiro atoms. The summed E-state index contributed by atoms with van der Waals surface area (Å²) in [7, 11) is 1.63. The lowest BCUT2D eigenvalue weighted by Crippen LogP contribution is -2.37.